The molecule has 2 rings (SSSR count). The smallest absolute Gasteiger partial charge is 0.328 e. The van der Waals surface area contributed by atoms with Crippen LogP contribution in [0, 0.1) is 0 Å². The molecule has 3 amide bonds. The van der Waals surface area contributed by atoms with E-state index in [0.717, 1.165) is 11.8 Å². The Morgan fingerprint density at radius 1 is 1.38 bits per heavy atom. The molecular weight excluding hydrogens is 340 g/mol. The van der Waals surface area contributed by atoms with Crippen LogP contribution in [0.2, 0.25) is 0 Å². The summed E-state index contributed by atoms with van der Waals surface area (Å²) in [5.74, 6) is -0.282. The molecule has 128 valence electrons. The van der Waals surface area contributed by atoms with Crippen LogP contribution in [0.4, 0.5) is 4.79 Å². The highest BCUT2D eigenvalue weighted by molar-refractivity contribution is 7.99. The van der Waals surface area contributed by atoms with Gasteiger partial charge in [0.15, 0.2) is 0 Å². The van der Waals surface area contributed by atoms with Crippen LogP contribution < -0.4 is 21.9 Å². The Labute approximate surface area is 138 Å². The van der Waals surface area contributed by atoms with Crippen LogP contribution in [0.5, 0.6) is 0 Å². The van der Waals surface area contributed by atoms with Gasteiger partial charge in [-0.3, -0.25) is 19.9 Å². The van der Waals surface area contributed by atoms with E-state index >= 15 is 0 Å². The zero-order valence-electron chi connectivity index (χ0n) is 12.6. The summed E-state index contributed by atoms with van der Waals surface area (Å²) in [6.45, 7) is 0.249. The Balaban J connectivity index is 1.84. The molecule has 0 spiro atoms. The highest BCUT2D eigenvalue weighted by Crippen LogP contribution is 2.15. The molecule has 0 radical (unpaired) electrons. The van der Waals surface area contributed by atoms with Crippen LogP contribution in [-0.4, -0.2) is 44.5 Å². The summed E-state index contributed by atoms with van der Waals surface area (Å²) in [5.41, 5.74) is -0.995. The fourth-order valence-corrected chi connectivity index (χ4v) is 2.17. The third-order valence-corrected chi connectivity index (χ3v) is 3.54. The van der Waals surface area contributed by atoms with Crippen molar-refractivity contribution in [2.24, 2.45) is 0 Å². The van der Waals surface area contributed by atoms with Crippen molar-refractivity contribution in [3.63, 3.8) is 0 Å². The molecule has 0 atom stereocenters. The summed E-state index contributed by atoms with van der Waals surface area (Å²) in [5, 5.41) is 12.1. The topological polar surface area (TPSA) is 152 Å². The summed E-state index contributed by atoms with van der Waals surface area (Å²) < 4.78 is 6.62. The van der Waals surface area contributed by atoms with Crippen molar-refractivity contribution in [3.8, 4) is 0 Å². The molecule has 0 aliphatic rings. The quantitative estimate of drug-likeness (QED) is 0.542. The fourth-order valence-electron chi connectivity index (χ4n) is 1.59. The highest BCUT2D eigenvalue weighted by Gasteiger charge is 2.11. The van der Waals surface area contributed by atoms with E-state index in [9.17, 15) is 19.2 Å². The standard InChI is InChI=1S/C12H14N6O5S/c1-13-10(21)14-8(20)6-24-12-17-16-9(23-12)3-5-18-4-2-7(19)15-11(18)22/h2,4H,3,5-6H2,1H3,(H,15,19,22)(H2,13,14,20,21). The van der Waals surface area contributed by atoms with Crippen LogP contribution in [0.3, 0.4) is 0 Å². The summed E-state index contributed by atoms with van der Waals surface area (Å²) in [7, 11) is 1.40. The molecule has 0 aromatic carbocycles. The predicted octanol–water partition coefficient (Wildman–Crippen LogP) is -1.29. The molecule has 3 N–H and O–H groups in total. The molecule has 11 nitrogen and oxygen atoms in total. The number of H-pyrrole nitrogens is 1. The minimum absolute atomic E-state index is 0.0611. The number of aromatic amines is 1. The summed E-state index contributed by atoms with van der Waals surface area (Å²) in [6, 6.07) is 0.639. The van der Waals surface area contributed by atoms with Gasteiger partial charge in [0, 0.05) is 32.3 Å². The Hall–Kier alpha value is -2.89. The minimum atomic E-state index is -0.599. The molecule has 24 heavy (non-hydrogen) atoms. The van der Waals surface area contributed by atoms with Crippen molar-refractivity contribution >= 4 is 23.7 Å². The van der Waals surface area contributed by atoms with Gasteiger partial charge >= 0.3 is 11.7 Å². The molecule has 12 heteroatoms. The third kappa shape index (κ3) is 5.08. The first-order chi connectivity index (χ1) is 11.5. The molecule has 0 saturated carbocycles. The van der Waals surface area contributed by atoms with Crippen LogP contribution in [0.1, 0.15) is 5.89 Å². The molecule has 0 aliphatic heterocycles. The van der Waals surface area contributed by atoms with Crippen LogP contribution in [0.15, 0.2) is 31.5 Å². The SMILES string of the molecule is CNC(=O)NC(=O)CSc1nnc(CCn2ccc(=O)[nH]c2=O)o1. The number of aromatic nitrogens is 4. The molecule has 0 fully saturated rings. The van der Waals surface area contributed by atoms with E-state index in [0.29, 0.717) is 0 Å². The number of urea groups is 1. The lowest BCUT2D eigenvalue weighted by atomic mass is 10.4. The number of hydrogen-bond donors (Lipinski definition) is 3. The van der Waals surface area contributed by atoms with Gasteiger partial charge in [0.1, 0.15) is 0 Å². The molecule has 0 saturated heterocycles. The second-order valence-corrected chi connectivity index (χ2v) is 5.36. The van der Waals surface area contributed by atoms with Gasteiger partial charge in [0.05, 0.1) is 5.75 Å². The molecule has 0 bridgehead atoms. The number of rotatable bonds is 6. The summed E-state index contributed by atoms with van der Waals surface area (Å²) >= 11 is 0.980. The van der Waals surface area contributed by atoms with Gasteiger partial charge in [-0.1, -0.05) is 11.8 Å². The van der Waals surface area contributed by atoms with Gasteiger partial charge in [-0.25, -0.2) is 9.59 Å². The zero-order valence-corrected chi connectivity index (χ0v) is 13.4. The van der Waals surface area contributed by atoms with E-state index in [1.807, 2.05) is 0 Å². The first-order valence-electron chi connectivity index (χ1n) is 6.74. The van der Waals surface area contributed by atoms with Crippen LogP contribution in [-0.2, 0) is 17.8 Å². The van der Waals surface area contributed by atoms with Crippen molar-refractivity contribution in [1.29, 1.82) is 0 Å². The monoisotopic (exact) mass is 354 g/mol. The van der Waals surface area contributed by atoms with E-state index in [1.54, 1.807) is 0 Å². The summed E-state index contributed by atoms with van der Waals surface area (Å²) in [6.07, 6.45) is 1.65. The molecule has 2 aromatic heterocycles. The average Bonchev–Trinajstić information content (AvgIpc) is 3.00. The van der Waals surface area contributed by atoms with Gasteiger partial charge in [-0.2, -0.15) is 0 Å². The van der Waals surface area contributed by atoms with E-state index in [2.05, 4.69) is 25.8 Å². The molecule has 0 unspecified atom stereocenters. The van der Waals surface area contributed by atoms with Gasteiger partial charge in [0.2, 0.25) is 11.8 Å². The Morgan fingerprint density at radius 3 is 2.88 bits per heavy atom. The maximum atomic E-state index is 11.5. The van der Waals surface area contributed by atoms with Crippen molar-refractivity contribution in [2.45, 2.75) is 18.2 Å². The van der Waals surface area contributed by atoms with Crippen molar-refractivity contribution in [3.05, 3.63) is 39.0 Å². The molecular formula is C12H14N6O5S. The average molecular weight is 354 g/mol. The third-order valence-electron chi connectivity index (χ3n) is 2.72. The normalized spacial score (nSPS) is 10.4. The van der Waals surface area contributed by atoms with E-state index in [4.69, 9.17) is 4.42 Å². The first-order valence-corrected chi connectivity index (χ1v) is 7.73. The summed E-state index contributed by atoms with van der Waals surface area (Å²) in [4.78, 5) is 47.0. The second-order valence-electron chi connectivity index (χ2n) is 4.43. The number of carbonyl (C=O) groups is 2. The fraction of sp³-hybridized carbons (Fsp3) is 0.333. The zero-order chi connectivity index (χ0) is 17.5. The largest absolute Gasteiger partial charge is 0.416 e. The lowest BCUT2D eigenvalue weighted by Crippen LogP contribution is -2.38. The number of nitrogens with zero attached hydrogens (tertiary/aromatic N) is 3. The number of imide groups is 1. The number of nitrogens with one attached hydrogen (secondary N) is 3. The Kier molecular flexibility index (Phi) is 5.89. The minimum Gasteiger partial charge on any atom is -0.416 e. The maximum absolute atomic E-state index is 11.5. The lowest BCUT2D eigenvalue weighted by Gasteiger charge is -2.01. The maximum Gasteiger partial charge on any atom is 0.328 e. The van der Waals surface area contributed by atoms with Gasteiger partial charge < -0.3 is 14.3 Å². The number of aryl methyl sites for hydroxylation is 2. The van der Waals surface area contributed by atoms with Gasteiger partial charge in [-0.05, 0) is 0 Å². The Bertz CT molecular complexity index is 841. The van der Waals surface area contributed by atoms with Crippen LogP contribution >= 0.6 is 11.8 Å². The van der Waals surface area contributed by atoms with E-state index < -0.39 is 23.2 Å². The van der Waals surface area contributed by atoms with Gasteiger partial charge in [0.25, 0.3) is 10.8 Å². The number of amides is 3. The predicted molar refractivity (Wildman–Crippen MR) is 82.6 cm³/mol. The molecule has 2 heterocycles. The number of carbonyl (C=O) groups excluding carboxylic acids is 2. The highest BCUT2D eigenvalue weighted by atomic mass is 32.2. The molecule has 0 aliphatic carbocycles. The van der Waals surface area contributed by atoms with Crippen LogP contribution in [0.25, 0.3) is 0 Å². The number of thioether (sulfide) groups is 1. The van der Waals surface area contributed by atoms with E-state index in [1.165, 1.54) is 23.9 Å². The first kappa shape index (κ1) is 17.5. The van der Waals surface area contributed by atoms with Crippen molar-refractivity contribution in [1.82, 2.24) is 30.4 Å². The number of hydrogen-bond acceptors (Lipinski definition) is 8. The van der Waals surface area contributed by atoms with Crippen molar-refractivity contribution < 1.29 is 14.0 Å². The van der Waals surface area contributed by atoms with Gasteiger partial charge in [-0.15, -0.1) is 10.2 Å². The van der Waals surface area contributed by atoms with E-state index in [-0.39, 0.29) is 29.8 Å². The Morgan fingerprint density at radius 2 is 2.17 bits per heavy atom. The molecule has 2 aromatic rings. The van der Waals surface area contributed by atoms with Crippen molar-refractivity contribution in [2.75, 3.05) is 12.8 Å². The second kappa shape index (κ2) is 8.10. The lowest BCUT2D eigenvalue weighted by molar-refractivity contribution is -0.117.